The van der Waals surface area contributed by atoms with Gasteiger partial charge in [0.2, 0.25) is 0 Å². The van der Waals surface area contributed by atoms with Crippen LogP contribution in [-0.2, 0) is 14.4 Å². The fraction of sp³-hybridized carbons (Fsp3) is 0.684. The van der Waals surface area contributed by atoms with Crippen LogP contribution in [0.25, 0.3) is 0 Å². The summed E-state index contributed by atoms with van der Waals surface area (Å²) >= 11 is 0. The highest BCUT2D eigenvalue weighted by Gasteiger charge is 2.23. The predicted molar refractivity (Wildman–Crippen MR) is 111 cm³/mol. The van der Waals surface area contributed by atoms with Crippen LogP contribution in [0.1, 0.15) is 18.7 Å². The van der Waals surface area contributed by atoms with Crippen molar-refractivity contribution in [2.24, 2.45) is 0 Å². The largest absolute Gasteiger partial charge is 0.480 e. The molecule has 0 aliphatic carbocycles. The molecule has 0 saturated carbocycles. The zero-order valence-corrected chi connectivity index (χ0v) is 17.8. The van der Waals surface area contributed by atoms with Gasteiger partial charge in [-0.3, -0.25) is 39.1 Å². The molecule has 2 rings (SSSR count). The normalized spacial score (nSPS) is 19.9. The van der Waals surface area contributed by atoms with Gasteiger partial charge in [-0.1, -0.05) is 0 Å². The molecule has 0 amide bonds. The van der Waals surface area contributed by atoms with Gasteiger partial charge in [-0.2, -0.15) is 5.10 Å². The second-order valence-electron chi connectivity index (χ2n) is 7.72. The smallest absolute Gasteiger partial charge is 0.317 e. The van der Waals surface area contributed by atoms with Gasteiger partial charge in [0, 0.05) is 58.6 Å². The van der Waals surface area contributed by atoms with E-state index < -0.39 is 17.9 Å². The molecule has 4 N–H and O–H groups in total. The van der Waals surface area contributed by atoms with Crippen LogP contribution in [0.4, 0.5) is 0 Å². The molecule has 1 fully saturated rings. The average molecular weight is 441 g/mol. The highest BCUT2D eigenvalue weighted by molar-refractivity contribution is 5.69. The maximum absolute atomic E-state index is 11.3. The number of nitrogens with one attached hydrogen (secondary N) is 1. The van der Waals surface area contributed by atoms with Crippen LogP contribution in [0.5, 0.6) is 0 Å². The number of carboxylic acid groups (broad SMARTS) is 3. The van der Waals surface area contributed by atoms with Crippen LogP contribution in [-0.4, -0.2) is 135 Å². The summed E-state index contributed by atoms with van der Waals surface area (Å²) < 4.78 is 0. The maximum atomic E-state index is 11.3. The minimum absolute atomic E-state index is 0.0314. The number of carboxylic acids is 3. The van der Waals surface area contributed by atoms with Gasteiger partial charge in [0.15, 0.2) is 0 Å². The molecular weight excluding hydrogens is 408 g/mol. The van der Waals surface area contributed by atoms with Crippen LogP contribution < -0.4 is 0 Å². The van der Waals surface area contributed by atoms with E-state index in [9.17, 15) is 29.7 Å². The molecule has 1 aliphatic heterocycles. The van der Waals surface area contributed by atoms with Crippen molar-refractivity contribution in [3.05, 3.63) is 18.0 Å². The first kappa shape index (κ1) is 24.7. The number of H-pyrrole nitrogens is 1. The molecule has 0 radical (unpaired) electrons. The summed E-state index contributed by atoms with van der Waals surface area (Å²) in [5, 5.41) is 34.8. The van der Waals surface area contributed by atoms with Gasteiger partial charge in [0.1, 0.15) is 0 Å². The lowest BCUT2D eigenvalue weighted by Crippen LogP contribution is -2.48. The third kappa shape index (κ3) is 9.00. The van der Waals surface area contributed by atoms with Crippen molar-refractivity contribution in [1.29, 1.82) is 0 Å². The molecule has 0 aromatic carbocycles. The van der Waals surface area contributed by atoms with E-state index in [0.717, 1.165) is 5.69 Å². The van der Waals surface area contributed by atoms with E-state index >= 15 is 0 Å². The Hall–Kier alpha value is -2.54. The van der Waals surface area contributed by atoms with Gasteiger partial charge in [0.25, 0.3) is 0 Å². The zero-order chi connectivity index (χ0) is 22.8. The van der Waals surface area contributed by atoms with E-state index in [1.807, 2.05) is 13.0 Å². The first-order valence-electron chi connectivity index (χ1n) is 10.3. The third-order valence-corrected chi connectivity index (χ3v) is 5.45. The van der Waals surface area contributed by atoms with Crippen LogP contribution in [0, 0.1) is 0 Å². The molecule has 2 heterocycles. The van der Waals surface area contributed by atoms with Crippen molar-refractivity contribution in [2.45, 2.75) is 13.0 Å². The highest BCUT2D eigenvalue weighted by atomic mass is 16.4. The molecule has 31 heavy (non-hydrogen) atoms. The summed E-state index contributed by atoms with van der Waals surface area (Å²) in [5.41, 5.74) is 0.856. The van der Waals surface area contributed by atoms with Crippen molar-refractivity contribution < 1.29 is 29.7 Å². The molecule has 1 aliphatic rings. The first-order chi connectivity index (χ1) is 14.7. The Labute approximate surface area is 181 Å². The second-order valence-corrected chi connectivity index (χ2v) is 7.72. The molecule has 1 atom stereocenters. The van der Waals surface area contributed by atoms with Crippen molar-refractivity contribution in [1.82, 2.24) is 29.8 Å². The number of aromatic nitrogens is 2. The average Bonchev–Trinajstić information content (AvgIpc) is 3.21. The molecule has 1 aromatic heterocycles. The predicted octanol–water partition coefficient (Wildman–Crippen LogP) is -1.05. The van der Waals surface area contributed by atoms with Crippen molar-refractivity contribution in [2.75, 3.05) is 72.0 Å². The fourth-order valence-corrected chi connectivity index (χ4v) is 3.68. The molecule has 0 spiro atoms. The number of aromatic amines is 1. The minimum Gasteiger partial charge on any atom is -0.480 e. The Morgan fingerprint density at radius 1 is 0.839 bits per heavy atom. The molecule has 12 nitrogen and oxygen atoms in total. The lowest BCUT2D eigenvalue weighted by Gasteiger charge is -2.35. The number of hydrogen-bond acceptors (Lipinski definition) is 8. The Bertz CT molecular complexity index is 683. The van der Waals surface area contributed by atoms with Crippen LogP contribution in [0.2, 0.25) is 0 Å². The van der Waals surface area contributed by atoms with Gasteiger partial charge >= 0.3 is 17.9 Å². The lowest BCUT2D eigenvalue weighted by atomic mass is 10.2. The summed E-state index contributed by atoms with van der Waals surface area (Å²) in [7, 11) is 0. The molecule has 1 saturated heterocycles. The van der Waals surface area contributed by atoms with E-state index in [-0.39, 0.29) is 25.7 Å². The molecule has 174 valence electrons. The zero-order valence-electron chi connectivity index (χ0n) is 17.8. The molecular formula is C19H32N6O6. The highest BCUT2D eigenvalue weighted by Crippen LogP contribution is 2.17. The van der Waals surface area contributed by atoms with Gasteiger partial charge in [-0.25, -0.2) is 0 Å². The number of nitrogens with zero attached hydrogens (tertiary/aromatic N) is 5. The Morgan fingerprint density at radius 3 is 1.55 bits per heavy atom. The van der Waals surface area contributed by atoms with Gasteiger partial charge in [-0.05, 0) is 13.0 Å². The standard InChI is InChI=1S/C19H32N6O6/c1-15(16-2-3-20-21-16)25-10-8-23(13-18(28)29)6-4-22(12-17(26)27)5-7-24(9-11-25)14-19(30)31/h2-3,15H,4-14H2,1H3,(H,20,21)(H,26,27)(H,28,29)(H,30,31). The second kappa shape index (κ2) is 12.3. The monoisotopic (exact) mass is 440 g/mol. The third-order valence-electron chi connectivity index (χ3n) is 5.45. The van der Waals surface area contributed by atoms with E-state index in [1.54, 1.807) is 20.9 Å². The number of rotatable bonds is 8. The fourth-order valence-electron chi connectivity index (χ4n) is 3.68. The summed E-state index contributed by atoms with van der Waals surface area (Å²) in [6, 6.07) is 1.85. The number of hydrogen-bond donors (Lipinski definition) is 4. The molecule has 1 aromatic rings. The topological polar surface area (TPSA) is 154 Å². The summed E-state index contributed by atoms with van der Waals surface area (Å²) in [4.78, 5) is 41.3. The lowest BCUT2D eigenvalue weighted by molar-refractivity contribution is -0.140. The maximum Gasteiger partial charge on any atom is 0.317 e. The van der Waals surface area contributed by atoms with Crippen LogP contribution >= 0.6 is 0 Å². The Balaban J connectivity index is 2.18. The van der Waals surface area contributed by atoms with Crippen molar-refractivity contribution in [3.8, 4) is 0 Å². The SMILES string of the molecule is CC(c1cc[nH]n1)N1CCN(CC(=O)O)CCN(CC(=O)O)CCN(CC(=O)O)CC1. The van der Waals surface area contributed by atoms with E-state index in [4.69, 9.17) is 0 Å². The van der Waals surface area contributed by atoms with Gasteiger partial charge in [-0.15, -0.1) is 0 Å². The number of aliphatic carboxylic acids is 3. The van der Waals surface area contributed by atoms with E-state index in [2.05, 4.69) is 15.1 Å². The van der Waals surface area contributed by atoms with Crippen molar-refractivity contribution in [3.63, 3.8) is 0 Å². The van der Waals surface area contributed by atoms with Crippen LogP contribution in [0.15, 0.2) is 12.3 Å². The quantitative estimate of drug-likeness (QED) is 0.391. The molecule has 12 heteroatoms. The van der Waals surface area contributed by atoms with Crippen molar-refractivity contribution >= 4 is 17.9 Å². The van der Waals surface area contributed by atoms with Gasteiger partial charge in [0.05, 0.1) is 31.4 Å². The van der Waals surface area contributed by atoms with Crippen LogP contribution in [0.3, 0.4) is 0 Å². The molecule has 1 unspecified atom stereocenters. The summed E-state index contributed by atoms with van der Waals surface area (Å²) in [6.45, 7) is 5.28. The summed E-state index contributed by atoms with van der Waals surface area (Å²) in [6.07, 6.45) is 1.74. The number of carbonyl (C=O) groups is 3. The summed E-state index contributed by atoms with van der Waals surface area (Å²) in [5.74, 6) is -2.84. The van der Waals surface area contributed by atoms with E-state index in [1.165, 1.54) is 0 Å². The molecule has 0 bridgehead atoms. The van der Waals surface area contributed by atoms with Gasteiger partial charge < -0.3 is 15.3 Å². The van der Waals surface area contributed by atoms with E-state index in [0.29, 0.717) is 52.4 Å². The Kier molecular flexibility index (Phi) is 9.85. The first-order valence-corrected chi connectivity index (χ1v) is 10.3. The Morgan fingerprint density at radius 2 is 1.23 bits per heavy atom. The minimum atomic E-state index is -0.972.